The van der Waals surface area contributed by atoms with E-state index in [1.54, 1.807) is 6.20 Å². The molecule has 0 radical (unpaired) electrons. The minimum absolute atomic E-state index is 0.0457. The summed E-state index contributed by atoms with van der Waals surface area (Å²) in [5.41, 5.74) is 1.05. The first-order chi connectivity index (χ1) is 8.79. The van der Waals surface area contributed by atoms with Gasteiger partial charge in [0.15, 0.2) is 5.13 Å². The molecule has 0 unspecified atom stereocenters. The Morgan fingerprint density at radius 2 is 2.17 bits per heavy atom. The summed E-state index contributed by atoms with van der Waals surface area (Å²) in [6.45, 7) is 3.15. The van der Waals surface area contributed by atoms with E-state index < -0.39 is 0 Å². The van der Waals surface area contributed by atoms with E-state index >= 15 is 0 Å². The molecular formula is C13H15N3OS. The number of thiazole rings is 1. The molecule has 0 spiro atoms. The SMILES string of the molecule is CCN(CC(=O)Nc1nccs1)c1ccccc1. The number of para-hydroxylation sites is 1. The van der Waals surface area contributed by atoms with E-state index in [0.29, 0.717) is 11.7 Å². The fourth-order valence-corrected chi connectivity index (χ4v) is 2.19. The third kappa shape index (κ3) is 3.30. The molecule has 0 aliphatic heterocycles. The molecule has 1 N–H and O–H groups in total. The Bertz CT molecular complexity index is 484. The van der Waals surface area contributed by atoms with Crippen molar-refractivity contribution < 1.29 is 4.79 Å². The summed E-state index contributed by atoms with van der Waals surface area (Å²) in [5.74, 6) is -0.0457. The first-order valence-electron chi connectivity index (χ1n) is 5.79. The second-order valence-corrected chi connectivity index (χ2v) is 4.63. The van der Waals surface area contributed by atoms with E-state index in [2.05, 4.69) is 10.3 Å². The number of rotatable bonds is 5. The molecule has 5 heteroatoms. The first kappa shape index (κ1) is 12.6. The van der Waals surface area contributed by atoms with E-state index in [-0.39, 0.29) is 5.91 Å². The fourth-order valence-electron chi connectivity index (χ4n) is 1.64. The Kier molecular flexibility index (Phi) is 4.30. The highest BCUT2D eigenvalue weighted by Crippen LogP contribution is 2.14. The molecule has 0 aliphatic carbocycles. The average Bonchev–Trinajstić information content (AvgIpc) is 2.90. The van der Waals surface area contributed by atoms with E-state index in [0.717, 1.165) is 12.2 Å². The van der Waals surface area contributed by atoms with Crippen LogP contribution in [0.4, 0.5) is 10.8 Å². The number of nitrogens with zero attached hydrogens (tertiary/aromatic N) is 2. The lowest BCUT2D eigenvalue weighted by molar-refractivity contribution is -0.115. The number of aromatic nitrogens is 1. The molecule has 0 saturated heterocycles. The Hall–Kier alpha value is -1.88. The number of carbonyl (C=O) groups is 1. The van der Waals surface area contributed by atoms with Crippen LogP contribution in [0.2, 0.25) is 0 Å². The average molecular weight is 261 g/mol. The quantitative estimate of drug-likeness (QED) is 0.900. The monoisotopic (exact) mass is 261 g/mol. The van der Waals surface area contributed by atoms with Crippen molar-refractivity contribution in [1.29, 1.82) is 0 Å². The number of amides is 1. The van der Waals surface area contributed by atoms with Crippen molar-refractivity contribution >= 4 is 28.1 Å². The number of benzene rings is 1. The lowest BCUT2D eigenvalue weighted by atomic mass is 10.3. The number of nitrogens with one attached hydrogen (secondary N) is 1. The molecule has 94 valence electrons. The van der Waals surface area contributed by atoms with Gasteiger partial charge < -0.3 is 10.2 Å². The van der Waals surface area contributed by atoms with Crippen LogP contribution in [0.1, 0.15) is 6.92 Å². The Morgan fingerprint density at radius 1 is 1.39 bits per heavy atom. The van der Waals surface area contributed by atoms with Gasteiger partial charge in [-0.3, -0.25) is 4.79 Å². The largest absolute Gasteiger partial charge is 0.362 e. The van der Waals surface area contributed by atoms with Crippen molar-refractivity contribution in [2.75, 3.05) is 23.3 Å². The zero-order chi connectivity index (χ0) is 12.8. The maximum absolute atomic E-state index is 11.9. The standard InChI is InChI=1S/C13H15N3OS/c1-2-16(11-6-4-3-5-7-11)10-12(17)15-13-14-8-9-18-13/h3-9H,2,10H2,1H3,(H,14,15,17). The Labute approximate surface area is 110 Å². The number of carbonyl (C=O) groups excluding carboxylic acids is 1. The molecule has 1 amide bonds. The van der Waals surface area contributed by atoms with Gasteiger partial charge in [0.25, 0.3) is 0 Å². The van der Waals surface area contributed by atoms with Crippen LogP contribution in [-0.2, 0) is 4.79 Å². The molecule has 2 aromatic rings. The van der Waals surface area contributed by atoms with Crippen LogP contribution in [-0.4, -0.2) is 24.0 Å². The molecule has 0 bridgehead atoms. The van der Waals surface area contributed by atoms with Gasteiger partial charge in [0.05, 0.1) is 6.54 Å². The highest BCUT2D eigenvalue weighted by molar-refractivity contribution is 7.13. The molecule has 1 aromatic heterocycles. The summed E-state index contributed by atoms with van der Waals surface area (Å²) in [6.07, 6.45) is 1.68. The van der Waals surface area contributed by atoms with Crippen LogP contribution in [0.15, 0.2) is 41.9 Å². The smallest absolute Gasteiger partial charge is 0.245 e. The minimum atomic E-state index is -0.0457. The fraction of sp³-hybridized carbons (Fsp3) is 0.231. The molecule has 1 aromatic carbocycles. The van der Waals surface area contributed by atoms with Gasteiger partial charge in [-0.2, -0.15) is 0 Å². The van der Waals surface area contributed by atoms with Gasteiger partial charge in [0.1, 0.15) is 0 Å². The van der Waals surface area contributed by atoms with Gasteiger partial charge in [-0.1, -0.05) is 18.2 Å². The van der Waals surface area contributed by atoms with Gasteiger partial charge in [0, 0.05) is 23.8 Å². The molecular weight excluding hydrogens is 246 g/mol. The second kappa shape index (κ2) is 6.16. The number of likely N-dealkylation sites (N-methyl/N-ethyl adjacent to an activating group) is 1. The number of anilines is 2. The maximum Gasteiger partial charge on any atom is 0.245 e. The first-order valence-corrected chi connectivity index (χ1v) is 6.67. The summed E-state index contributed by atoms with van der Waals surface area (Å²) in [7, 11) is 0. The van der Waals surface area contributed by atoms with Gasteiger partial charge in [-0.15, -0.1) is 11.3 Å². The molecule has 18 heavy (non-hydrogen) atoms. The lowest BCUT2D eigenvalue weighted by Crippen LogP contribution is -2.33. The molecule has 0 fully saturated rings. The number of hydrogen-bond donors (Lipinski definition) is 1. The van der Waals surface area contributed by atoms with Crippen LogP contribution < -0.4 is 10.2 Å². The minimum Gasteiger partial charge on any atom is -0.362 e. The van der Waals surface area contributed by atoms with Crippen molar-refractivity contribution in [2.24, 2.45) is 0 Å². The van der Waals surface area contributed by atoms with Crippen LogP contribution in [0.3, 0.4) is 0 Å². The molecule has 2 rings (SSSR count). The normalized spacial score (nSPS) is 10.1. The summed E-state index contributed by atoms with van der Waals surface area (Å²) in [5, 5.41) is 5.26. The predicted octanol–water partition coefficient (Wildman–Crippen LogP) is 2.61. The van der Waals surface area contributed by atoms with E-state index in [1.165, 1.54) is 11.3 Å². The molecule has 0 atom stereocenters. The van der Waals surface area contributed by atoms with Crippen molar-refractivity contribution in [1.82, 2.24) is 4.98 Å². The summed E-state index contributed by atoms with van der Waals surface area (Å²) >= 11 is 1.42. The highest BCUT2D eigenvalue weighted by Gasteiger charge is 2.10. The molecule has 4 nitrogen and oxygen atoms in total. The van der Waals surface area contributed by atoms with E-state index in [9.17, 15) is 4.79 Å². The van der Waals surface area contributed by atoms with E-state index in [1.807, 2.05) is 47.5 Å². The molecule has 0 saturated carbocycles. The molecule has 0 aliphatic rings. The van der Waals surface area contributed by atoms with Gasteiger partial charge in [-0.05, 0) is 19.1 Å². The van der Waals surface area contributed by atoms with Crippen molar-refractivity contribution in [3.8, 4) is 0 Å². The van der Waals surface area contributed by atoms with Gasteiger partial charge >= 0.3 is 0 Å². The second-order valence-electron chi connectivity index (χ2n) is 3.74. The summed E-state index contributed by atoms with van der Waals surface area (Å²) in [4.78, 5) is 17.9. The number of hydrogen-bond acceptors (Lipinski definition) is 4. The van der Waals surface area contributed by atoms with Crippen LogP contribution in [0.5, 0.6) is 0 Å². The maximum atomic E-state index is 11.9. The zero-order valence-electron chi connectivity index (χ0n) is 10.2. The topological polar surface area (TPSA) is 45.2 Å². The summed E-state index contributed by atoms with van der Waals surface area (Å²) < 4.78 is 0. The third-order valence-corrected chi connectivity index (χ3v) is 3.20. The Morgan fingerprint density at radius 3 is 2.78 bits per heavy atom. The predicted molar refractivity (Wildman–Crippen MR) is 75.1 cm³/mol. The third-order valence-electron chi connectivity index (χ3n) is 2.52. The van der Waals surface area contributed by atoms with Gasteiger partial charge in [0.2, 0.25) is 5.91 Å². The van der Waals surface area contributed by atoms with Crippen LogP contribution in [0.25, 0.3) is 0 Å². The Balaban J connectivity index is 1.96. The van der Waals surface area contributed by atoms with Crippen molar-refractivity contribution in [2.45, 2.75) is 6.92 Å². The lowest BCUT2D eigenvalue weighted by Gasteiger charge is -2.21. The molecule has 1 heterocycles. The summed E-state index contributed by atoms with van der Waals surface area (Å²) in [6, 6.07) is 9.90. The zero-order valence-corrected chi connectivity index (χ0v) is 11.0. The van der Waals surface area contributed by atoms with Crippen LogP contribution >= 0.6 is 11.3 Å². The van der Waals surface area contributed by atoms with Crippen LogP contribution in [0, 0.1) is 0 Å². The highest BCUT2D eigenvalue weighted by atomic mass is 32.1. The van der Waals surface area contributed by atoms with E-state index in [4.69, 9.17) is 0 Å². The van der Waals surface area contributed by atoms with Crippen molar-refractivity contribution in [3.63, 3.8) is 0 Å². The van der Waals surface area contributed by atoms with Crippen molar-refractivity contribution in [3.05, 3.63) is 41.9 Å². The van der Waals surface area contributed by atoms with Gasteiger partial charge in [-0.25, -0.2) is 4.98 Å².